The van der Waals surface area contributed by atoms with Crippen LogP contribution in [0.3, 0.4) is 0 Å². The first-order valence-electron chi connectivity index (χ1n) is 8.30. The summed E-state index contributed by atoms with van der Waals surface area (Å²) in [6, 6.07) is 1.66. The Morgan fingerprint density at radius 1 is 1.31 bits per heavy atom. The zero-order chi connectivity index (χ0) is 18.9. The number of halogens is 3. The van der Waals surface area contributed by atoms with Gasteiger partial charge in [-0.05, 0) is 25.0 Å². The number of amides is 4. The first kappa shape index (κ1) is 18.3. The van der Waals surface area contributed by atoms with Crippen molar-refractivity contribution in [3.05, 3.63) is 24.2 Å². The SMILES string of the molecule is O=C(N[C@@]1(C(F)(F)F)NC(=O)N(Cc2ccco2)C1=O)C1CCCCC1. The highest BCUT2D eigenvalue weighted by molar-refractivity contribution is 6.08. The average Bonchev–Trinajstić information content (AvgIpc) is 3.18. The molecule has 7 nitrogen and oxygen atoms in total. The highest BCUT2D eigenvalue weighted by Crippen LogP contribution is 2.35. The van der Waals surface area contributed by atoms with Gasteiger partial charge in [-0.1, -0.05) is 19.3 Å². The zero-order valence-electron chi connectivity index (χ0n) is 13.8. The minimum Gasteiger partial charge on any atom is -0.467 e. The van der Waals surface area contributed by atoms with Crippen LogP contribution in [0.2, 0.25) is 0 Å². The molecule has 26 heavy (non-hydrogen) atoms. The molecule has 1 aliphatic heterocycles. The average molecular weight is 373 g/mol. The first-order valence-corrected chi connectivity index (χ1v) is 8.30. The third-order valence-electron chi connectivity index (χ3n) is 4.71. The molecule has 2 aliphatic rings. The fourth-order valence-corrected chi connectivity index (χ4v) is 3.28. The van der Waals surface area contributed by atoms with Crippen LogP contribution in [-0.4, -0.2) is 34.6 Å². The summed E-state index contributed by atoms with van der Waals surface area (Å²) in [4.78, 5) is 37.2. The summed E-state index contributed by atoms with van der Waals surface area (Å²) >= 11 is 0. The summed E-state index contributed by atoms with van der Waals surface area (Å²) in [7, 11) is 0. The highest BCUT2D eigenvalue weighted by Gasteiger charge is 2.69. The van der Waals surface area contributed by atoms with Crippen LogP contribution in [0.5, 0.6) is 0 Å². The normalized spacial score (nSPS) is 24.7. The minimum atomic E-state index is -5.19. The second-order valence-corrected chi connectivity index (χ2v) is 6.47. The van der Waals surface area contributed by atoms with E-state index in [1.807, 2.05) is 0 Å². The lowest BCUT2D eigenvalue weighted by atomic mass is 9.88. The zero-order valence-corrected chi connectivity index (χ0v) is 13.8. The third kappa shape index (κ3) is 3.15. The van der Waals surface area contributed by atoms with Crippen molar-refractivity contribution in [3.8, 4) is 0 Å². The van der Waals surface area contributed by atoms with Crippen molar-refractivity contribution in [2.45, 2.75) is 50.5 Å². The molecule has 2 heterocycles. The molecule has 1 saturated carbocycles. The molecular weight excluding hydrogens is 355 g/mol. The van der Waals surface area contributed by atoms with Gasteiger partial charge in [-0.3, -0.25) is 19.8 Å². The van der Waals surface area contributed by atoms with E-state index in [0.717, 1.165) is 19.3 Å². The van der Waals surface area contributed by atoms with Gasteiger partial charge in [-0.15, -0.1) is 0 Å². The highest BCUT2D eigenvalue weighted by atomic mass is 19.4. The van der Waals surface area contributed by atoms with Gasteiger partial charge >= 0.3 is 12.2 Å². The minimum absolute atomic E-state index is 0.144. The Morgan fingerprint density at radius 3 is 2.58 bits per heavy atom. The Kier molecular flexibility index (Phi) is 4.68. The fourth-order valence-electron chi connectivity index (χ4n) is 3.28. The molecular formula is C16H18F3N3O4. The largest absolute Gasteiger partial charge is 0.467 e. The van der Waals surface area contributed by atoms with Gasteiger partial charge in [0.2, 0.25) is 5.91 Å². The number of rotatable bonds is 4. The fraction of sp³-hybridized carbons (Fsp3) is 0.562. The standard InChI is InChI=1S/C16H18F3N3O4/c17-16(18,19)15(20-12(23)10-5-2-1-3-6-10)13(24)22(14(25)21-15)9-11-7-4-8-26-11/h4,7-8,10H,1-3,5-6,9H2,(H,20,23)(H,21,25)/t15-/m1/s1. The molecule has 0 bridgehead atoms. The number of hydrogen-bond acceptors (Lipinski definition) is 4. The summed E-state index contributed by atoms with van der Waals surface area (Å²) in [5.74, 6) is -2.91. The molecule has 1 aromatic heterocycles. The second-order valence-electron chi connectivity index (χ2n) is 6.47. The van der Waals surface area contributed by atoms with Gasteiger partial charge in [0.25, 0.3) is 11.6 Å². The summed E-state index contributed by atoms with van der Waals surface area (Å²) in [5, 5.41) is 3.40. The van der Waals surface area contributed by atoms with E-state index in [1.165, 1.54) is 18.4 Å². The van der Waals surface area contributed by atoms with E-state index in [0.29, 0.717) is 17.7 Å². The van der Waals surface area contributed by atoms with E-state index in [9.17, 15) is 27.6 Å². The number of hydrogen-bond donors (Lipinski definition) is 2. The predicted octanol–water partition coefficient (Wildman–Crippen LogP) is 2.29. The first-order chi connectivity index (χ1) is 12.2. The quantitative estimate of drug-likeness (QED) is 0.792. The van der Waals surface area contributed by atoms with E-state index in [1.54, 1.807) is 10.6 Å². The monoisotopic (exact) mass is 373 g/mol. The van der Waals surface area contributed by atoms with Crippen LogP contribution < -0.4 is 10.6 Å². The summed E-state index contributed by atoms with van der Waals surface area (Å²) in [6.45, 7) is -0.463. The number of carbonyl (C=O) groups is 3. The molecule has 1 aromatic rings. The second kappa shape index (κ2) is 6.65. The van der Waals surface area contributed by atoms with Crippen molar-refractivity contribution in [2.24, 2.45) is 5.92 Å². The van der Waals surface area contributed by atoms with Gasteiger partial charge < -0.3 is 9.73 Å². The molecule has 142 valence electrons. The van der Waals surface area contributed by atoms with E-state index < -0.39 is 42.1 Å². The molecule has 1 aliphatic carbocycles. The molecule has 0 unspecified atom stereocenters. The van der Waals surface area contributed by atoms with Gasteiger partial charge in [-0.2, -0.15) is 13.2 Å². The summed E-state index contributed by atoms with van der Waals surface area (Å²) in [6.07, 6.45) is -0.613. The Bertz CT molecular complexity index is 698. The lowest BCUT2D eigenvalue weighted by molar-refractivity contribution is -0.205. The number of urea groups is 1. The Balaban J connectivity index is 1.84. The van der Waals surface area contributed by atoms with E-state index in [-0.39, 0.29) is 5.76 Å². The number of nitrogens with one attached hydrogen (secondary N) is 2. The predicted molar refractivity (Wildman–Crippen MR) is 81.3 cm³/mol. The molecule has 10 heteroatoms. The van der Waals surface area contributed by atoms with E-state index >= 15 is 0 Å². The van der Waals surface area contributed by atoms with Crippen LogP contribution in [0.25, 0.3) is 0 Å². The maximum atomic E-state index is 13.7. The van der Waals surface area contributed by atoms with E-state index in [2.05, 4.69) is 0 Å². The molecule has 2 fully saturated rings. The van der Waals surface area contributed by atoms with Crippen LogP contribution in [-0.2, 0) is 16.1 Å². The maximum absolute atomic E-state index is 13.7. The topological polar surface area (TPSA) is 91.7 Å². The molecule has 0 spiro atoms. The number of carbonyl (C=O) groups excluding carboxylic acids is 3. The Hall–Kier alpha value is -2.52. The van der Waals surface area contributed by atoms with Crippen LogP contribution >= 0.6 is 0 Å². The third-order valence-corrected chi connectivity index (χ3v) is 4.71. The molecule has 0 aromatic carbocycles. The lowest BCUT2D eigenvalue weighted by Crippen LogP contribution is -2.70. The van der Waals surface area contributed by atoms with Crippen LogP contribution in [0.4, 0.5) is 18.0 Å². The van der Waals surface area contributed by atoms with Crippen molar-refractivity contribution in [1.29, 1.82) is 0 Å². The number of alkyl halides is 3. The van der Waals surface area contributed by atoms with Crippen molar-refractivity contribution in [3.63, 3.8) is 0 Å². The van der Waals surface area contributed by atoms with Crippen molar-refractivity contribution < 1.29 is 32.0 Å². The van der Waals surface area contributed by atoms with Gasteiger partial charge in [0.1, 0.15) is 5.76 Å². The number of nitrogens with zero attached hydrogens (tertiary/aromatic N) is 1. The van der Waals surface area contributed by atoms with Crippen molar-refractivity contribution >= 4 is 17.8 Å². The smallest absolute Gasteiger partial charge is 0.440 e. The molecule has 3 rings (SSSR count). The van der Waals surface area contributed by atoms with Crippen LogP contribution in [0, 0.1) is 5.92 Å². The van der Waals surface area contributed by atoms with Crippen molar-refractivity contribution in [1.82, 2.24) is 15.5 Å². The molecule has 1 saturated heterocycles. The number of furan rings is 1. The Labute approximate surface area is 146 Å². The number of imide groups is 1. The molecule has 2 N–H and O–H groups in total. The summed E-state index contributed by atoms with van der Waals surface area (Å²) in [5.41, 5.74) is -3.45. The van der Waals surface area contributed by atoms with Gasteiger partial charge in [-0.25, -0.2) is 4.79 Å². The molecule has 0 radical (unpaired) electrons. The molecule has 1 atom stereocenters. The van der Waals surface area contributed by atoms with Crippen LogP contribution in [0.1, 0.15) is 37.9 Å². The van der Waals surface area contributed by atoms with Crippen LogP contribution in [0.15, 0.2) is 22.8 Å². The van der Waals surface area contributed by atoms with Gasteiger partial charge in [0, 0.05) is 5.92 Å². The maximum Gasteiger partial charge on any atom is 0.440 e. The Morgan fingerprint density at radius 2 is 2.00 bits per heavy atom. The van der Waals surface area contributed by atoms with E-state index in [4.69, 9.17) is 4.42 Å². The lowest BCUT2D eigenvalue weighted by Gasteiger charge is -2.32. The van der Waals surface area contributed by atoms with Gasteiger partial charge in [0.05, 0.1) is 12.8 Å². The summed E-state index contributed by atoms with van der Waals surface area (Å²) < 4.78 is 46.1. The molecule has 4 amide bonds. The van der Waals surface area contributed by atoms with Crippen molar-refractivity contribution in [2.75, 3.05) is 0 Å². The van der Waals surface area contributed by atoms with Gasteiger partial charge in [0.15, 0.2) is 0 Å².